The first kappa shape index (κ1) is 15.1. The summed E-state index contributed by atoms with van der Waals surface area (Å²) in [5.74, 6) is 6.38. The number of nitrogens with zero attached hydrogens (tertiary/aromatic N) is 2. The van der Waals surface area contributed by atoms with Crippen LogP contribution >= 0.6 is 0 Å². The first-order chi connectivity index (χ1) is 9.60. The highest BCUT2D eigenvalue weighted by Crippen LogP contribution is 2.22. The first-order valence-corrected chi connectivity index (χ1v) is 7.17. The Kier molecular flexibility index (Phi) is 5.19. The summed E-state index contributed by atoms with van der Waals surface area (Å²) in [7, 11) is 4.32. The topological polar surface area (TPSA) is 26.7 Å². The molecule has 2 atom stereocenters. The zero-order valence-corrected chi connectivity index (χ0v) is 12.6. The SMILES string of the molecule is CC1CN(Cc2cccc(C#CCO)c2)CC1N(C)C. The maximum Gasteiger partial charge on any atom is 0.104 e. The number of aliphatic hydroxyl groups excluding tert-OH is 1. The average Bonchev–Trinajstić information content (AvgIpc) is 2.78. The van der Waals surface area contributed by atoms with E-state index in [0.29, 0.717) is 12.0 Å². The van der Waals surface area contributed by atoms with Gasteiger partial charge in [-0.05, 0) is 37.7 Å². The molecule has 1 aliphatic heterocycles. The van der Waals surface area contributed by atoms with Crippen LogP contribution in [0.1, 0.15) is 18.1 Å². The molecule has 1 N–H and O–H groups in total. The Morgan fingerprint density at radius 3 is 2.80 bits per heavy atom. The number of hydrogen-bond donors (Lipinski definition) is 1. The Morgan fingerprint density at radius 2 is 2.15 bits per heavy atom. The molecule has 2 rings (SSSR count). The molecule has 1 aromatic rings. The lowest BCUT2D eigenvalue weighted by atomic mass is 10.1. The van der Waals surface area contributed by atoms with Crippen LogP contribution in [0.25, 0.3) is 0 Å². The van der Waals surface area contributed by atoms with Gasteiger partial charge in [0.1, 0.15) is 6.61 Å². The fourth-order valence-corrected chi connectivity index (χ4v) is 3.00. The van der Waals surface area contributed by atoms with Crippen molar-refractivity contribution < 1.29 is 5.11 Å². The standard InChI is InChI=1S/C17H24N2O/c1-14-11-19(13-17(14)18(2)3)12-16-7-4-6-15(10-16)8-5-9-20/h4,6-7,10,14,17,20H,9,11-13H2,1-3H3. The van der Waals surface area contributed by atoms with Crippen molar-refractivity contribution in [3.8, 4) is 11.8 Å². The van der Waals surface area contributed by atoms with E-state index < -0.39 is 0 Å². The molecule has 0 bridgehead atoms. The second kappa shape index (κ2) is 6.90. The van der Waals surface area contributed by atoms with Gasteiger partial charge < -0.3 is 10.0 Å². The van der Waals surface area contributed by atoms with E-state index in [2.05, 4.69) is 54.8 Å². The Labute approximate surface area is 122 Å². The molecule has 0 spiro atoms. The summed E-state index contributed by atoms with van der Waals surface area (Å²) in [6.07, 6.45) is 0. The van der Waals surface area contributed by atoms with E-state index in [-0.39, 0.29) is 6.61 Å². The number of aliphatic hydroxyl groups is 1. The summed E-state index contributed by atoms with van der Waals surface area (Å²) >= 11 is 0. The molecule has 3 heteroatoms. The molecule has 0 radical (unpaired) electrons. The van der Waals surface area contributed by atoms with Crippen LogP contribution in [0.2, 0.25) is 0 Å². The van der Waals surface area contributed by atoms with E-state index in [4.69, 9.17) is 5.11 Å². The van der Waals surface area contributed by atoms with Gasteiger partial charge in [-0.3, -0.25) is 4.90 Å². The largest absolute Gasteiger partial charge is 0.384 e. The summed E-state index contributed by atoms with van der Waals surface area (Å²) in [5, 5.41) is 8.75. The summed E-state index contributed by atoms with van der Waals surface area (Å²) in [6.45, 7) is 5.49. The quantitative estimate of drug-likeness (QED) is 0.843. The Hall–Kier alpha value is -1.34. The van der Waals surface area contributed by atoms with E-state index in [1.807, 2.05) is 12.1 Å². The second-order valence-corrected chi connectivity index (χ2v) is 5.86. The van der Waals surface area contributed by atoms with Crippen molar-refractivity contribution in [1.29, 1.82) is 0 Å². The summed E-state index contributed by atoms with van der Waals surface area (Å²) < 4.78 is 0. The zero-order chi connectivity index (χ0) is 14.5. The van der Waals surface area contributed by atoms with Crippen LogP contribution in [0.3, 0.4) is 0 Å². The van der Waals surface area contributed by atoms with Crippen molar-refractivity contribution in [3.63, 3.8) is 0 Å². The molecule has 3 nitrogen and oxygen atoms in total. The van der Waals surface area contributed by atoms with Crippen LogP contribution in [-0.4, -0.2) is 54.7 Å². The molecule has 0 aromatic heterocycles. The van der Waals surface area contributed by atoms with Crippen LogP contribution < -0.4 is 0 Å². The summed E-state index contributed by atoms with van der Waals surface area (Å²) in [6, 6.07) is 8.95. The number of benzene rings is 1. The lowest BCUT2D eigenvalue weighted by molar-refractivity contribution is 0.250. The molecule has 0 amide bonds. The maximum absolute atomic E-state index is 8.75. The molecule has 1 saturated heterocycles. The second-order valence-electron chi connectivity index (χ2n) is 5.86. The van der Waals surface area contributed by atoms with Crippen LogP contribution in [0.5, 0.6) is 0 Å². The Balaban J connectivity index is 2.01. The van der Waals surface area contributed by atoms with E-state index in [9.17, 15) is 0 Å². The van der Waals surface area contributed by atoms with Crippen molar-refractivity contribution in [3.05, 3.63) is 35.4 Å². The van der Waals surface area contributed by atoms with E-state index in [1.54, 1.807) is 0 Å². The van der Waals surface area contributed by atoms with Crippen molar-refractivity contribution in [2.45, 2.75) is 19.5 Å². The molecule has 1 aromatic carbocycles. The molecule has 20 heavy (non-hydrogen) atoms. The lowest BCUT2D eigenvalue weighted by Crippen LogP contribution is -2.34. The Morgan fingerprint density at radius 1 is 1.35 bits per heavy atom. The van der Waals surface area contributed by atoms with Crippen molar-refractivity contribution >= 4 is 0 Å². The fourth-order valence-electron chi connectivity index (χ4n) is 3.00. The molecular formula is C17H24N2O. The molecular weight excluding hydrogens is 248 g/mol. The van der Waals surface area contributed by atoms with E-state index >= 15 is 0 Å². The summed E-state index contributed by atoms with van der Waals surface area (Å²) in [5.41, 5.74) is 2.27. The van der Waals surface area contributed by atoms with Gasteiger partial charge in [-0.15, -0.1) is 0 Å². The van der Waals surface area contributed by atoms with Crippen LogP contribution in [0.15, 0.2) is 24.3 Å². The van der Waals surface area contributed by atoms with Gasteiger partial charge >= 0.3 is 0 Å². The molecule has 1 heterocycles. The zero-order valence-electron chi connectivity index (χ0n) is 12.6. The van der Waals surface area contributed by atoms with Crippen LogP contribution in [0.4, 0.5) is 0 Å². The van der Waals surface area contributed by atoms with Gasteiger partial charge in [0.2, 0.25) is 0 Å². The van der Waals surface area contributed by atoms with Gasteiger partial charge in [0.05, 0.1) is 0 Å². The highest BCUT2D eigenvalue weighted by atomic mass is 16.2. The highest BCUT2D eigenvalue weighted by Gasteiger charge is 2.30. The monoisotopic (exact) mass is 272 g/mol. The Bertz CT molecular complexity index is 501. The maximum atomic E-state index is 8.75. The van der Waals surface area contributed by atoms with Gasteiger partial charge in [0.15, 0.2) is 0 Å². The predicted molar refractivity (Wildman–Crippen MR) is 82.3 cm³/mol. The van der Waals surface area contributed by atoms with Gasteiger partial charge in [0.25, 0.3) is 0 Å². The van der Waals surface area contributed by atoms with Crippen molar-refractivity contribution in [1.82, 2.24) is 9.80 Å². The first-order valence-electron chi connectivity index (χ1n) is 7.17. The average molecular weight is 272 g/mol. The number of hydrogen-bond acceptors (Lipinski definition) is 3. The molecule has 1 fully saturated rings. The minimum Gasteiger partial charge on any atom is -0.384 e. The lowest BCUT2D eigenvalue weighted by Gasteiger charge is -2.22. The molecule has 0 saturated carbocycles. The number of likely N-dealkylation sites (tertiary alicyclic amines) is 1. The third-order valence-electron chi connectivity index (χ3n) is 3.96. The molecule has 108 valence electrons. The minimum atomic E-state index is -0.0849. The number of likely N-dealkylation sites (N-methyl/N-ethyl adjacent to an activating group) is 1. The van der Waals surface area contributed by atoms with Gasteiger partial charge in [-0.25, -0.2) is 0 Å². The smallest absolute Gasteiger partial charge is 0.104 e. The fraction of sp³-hybridized carbons (Fsp3) is 0.529. The highest BCUT2D eigenvalue weighted by molar-refractivity contribution is 5.37. The third kappa shape index (κ3) is 3.83. The van der Waals surface area contributed by atoms with Gasteiger partial charge in [0, 0.05) is 31.2 Å². The minimum absolute atomic E-state index is 0.0849. The van der Waals surface area contributed by atoms with Crippen LogP contribution in [0, 0.1) is 17.8 Å². The predicted octanol–water partition coefficient (Wildman–Crippen LogP) is 1.41. The van der Waals surface area contributed by atoms with Crippen molar-refractivity contribution in [2.75, 3.05) is 33.8 Å². The summed E-state index contributed by atoms with van der Waals surface area (Å²) in [4.78, 5) is 4.84. The normalized spacial score (nSPS) is 22.9. The van der Waals surface area contributed by atoms with Gasteiger partial charge in [-0.1, -0.05) is 30.9 Å². The van der Waals surface area contributed by atoms with E-state index in [1.165, 1.54) is 5.56 Å². The molecule has 0 aliphatic carbocycles. The van der Waals surface area contributed by atoms with E-state index in [0.717, 1.165) is 25.2 Å². The molecule has 1 aliphatic rings. The van der Waals surface area contributed by atoms with Crippen LogP contribution in [-0.2, 0) is 6.54 Å². The third-order valence-corrected chi connectivity index (χ3v) is 3.96. The van der Waals surface area contributed by atoms with Crippen molar-refractivity contribution in [2.24, 2.45) is 5.92 Å². The number of rotatable bonds is 3. The molecule has 2 unspecified atom stereocenters. The van der Waals surface area contributed by atoms with Gasteiger partial charge in [-0.2, -0.15) is 0 Å².